The van der Waals surface area contributed by atoms with Crippen LogP contribution in [0, 0.1) is 0 Å². The SMILES string of the molecule is Clc1cc(-c2ccc3c4c2C=CC2=CC=CC(=CC3)C24)nc(-c2ccccc2)n1. The molecule has 29 heavy (non-hydrogen) atoms. The van der Waals surface area contributed by atoms with Crippen molar-refractivity contribution in [2.75, 3.05) is 0 Å². The Balaban J connectivity index is 1.56. The molecule has 1 heterocycles. The summed E-state index contributed by atoms with van der Waals surface area (Å²) >= 11 is 6.41. The van der Waals surface area contributed by atoms with Crippen LogP contribution in [0.4, 0.5) is 0 Å². The van der Waals surface area contributed by atoms with Crippen LogP contribution in [0.25, 0.3) is 28.7 Å². The van der Waals surface area contributed by atoms with Gasteiger partial charge < -0.3 is 0 Å². The highest BCUT2D eigenvalue weighted by Gasteiger charge is 2.31. The summed E-state index contributed by atoms with van der Waals surface area (Å²) in [4.78, 5) is 9.34. The number of benzene rings is 2. The topological polar surface area (TPSA) is 25.8 Å². The number of nitrogens with zero attached hydrogens (tertiary/aromatic N) is 2. The van der Waals surface area contributed by atoms with Gasteiger partial charge in [-0.3, -0.25) is 0 Å². The zero-order chi connectivity index (χ0) is 19.4. The van der Waals surface area contributed by atoms with E-state index in [2.05, 4.69) is 53.6 Å². The molecule has 0 aliphatic heterocycles. The molecule has 0 bridgehead atoms. The number of allylic oxidation sites excluding steroid dienone is 7. The van der Waals surface area contributed by atoms with E-state index < -0.39 is 0 Å². The highest BCUT2D eigenvalue weighted by Crippen LogP contribution is 2.48. The lowest BCUT2D eigenvalue weighted by Crippen LogP contribution is -2.18. The third kappa shape index (κ3) is 2.64. The van der Waals surface area contributed by atoms with E-state index in [0.717, 1.165) is 23.2 Å². The van der Waals surface area contributed by atoms with Crippen molar-refractivity contribution in [2.45, 2.75) is 12.3 Å². The van der Waals surface area contributed by atoms with Gasteiger partial charge in [0.1, 0.15) is 5.15 Å². The summed E-state index contributed by atoms with van der Waals surface area (Å²) in [6.07, 6.45) is 14.4. The second-order valence-corrected chi connectivity index (χ2v) is 7.95. The van der Waals surface area contributed by atoms with Gasteiger partial charge in [0.15, 0.2) is 5.82 Å². The average molecular weight is 393 g/mol. The van der Waals surface area contributed by atoms with Gasteiger partial charge >= 0.3 is 0 Å². The Morgan fingerprint density at radius 3 is 2.69 bits per heavy atom. The first kappa shape index (κ1) is 16.7. The lowest BCUT2D eigenvalue weighted by molar-refractivity contribution is 0.892. The molecule has 1 aromatic heterocycles. The maximum absolute atomic E-state index is 6.41. The molecule has 138 valence electrons. The van der Waals surface area contributed by atoms with E-state index in [9.17, 15) is 0 Å². The minimum atomic E-state index is 0.328. The number of hydrogen-bond acceptors (Lipinski definition) is 2. The van der Waals surface area contributed by atoms with Crippen LogP contribution in [0.1, 0.15) is 22.6 Å². The Morgan fingerprint density at radius 2 is 1.79 bits per heavy atom. The summed E-state index contributed by atoms with van der Waals surface area (Å²) in [5.41, 5.74) is 9.74. The third-order valence-corrected chi connectivity index (χ3v) is 6.11. The van der Waals surface area contributed by atoms with Crippen LogP contribution in [-0.2, 0) is 6.42 Å². The van der Waals surface area contributed by atoms with Crippen LogP contribution in [0.15, 0.2) is 90.1 Å². The van der Waals surface area contributed by atoms with Gasteiger partial charge in [-0.1, -0.05) is 90.5 Å². The molecule has 0 radical (unpaired) electrons. The van der Waals surface area contributed by atoms with Crippen LogP contribution < -0.4 is 0 Å². The fraction of sp³-hybridized carbons (Fsp3) is 0.0769. The quantitative estimate of drug-likeness (QED) is 0.462. The fourth-order valence-electron chi connectivity index (χ4n) is 4.61. The highest BCUT2D eigenvalue weighted by molar-refractivity contribution is 6.29. The summed E-state index contributed by atoms with van der Waals surface area (Å²) in [5.74, 6) is 0.981. The predicted molar refractivity (Wildman–Crippen MR) is 119 cm³/mol. The molecule has 2 nitrogen and oxygen atoms in total. The number of rotatable bonds is 2. The summed E-state index contributed by atoms with van der Waals surface area (Å²) in [7, 11) is 0. The summed E-state index contributed by atoms with van der Waals surface area (Å²) in [5, 5.41) is 0.459. The molecular weight excluding hydrogens is 376 g/mol. The molecule has 0 saturated carbocycles. The Kier molecular flexibility index (Phi) is 3.68. The molecule has 6 rings (SSSR count). The smallest absolute Gasteiger partial charge is 0.161 e. The largest absolute Gasteiger partial charge is 0.228 e. The van der Waals surface area contributed by atoms with Crippen LogP contribution in [-0.4, -0.2) is 9.97 Å². The molecule has 3 aliphatic rings. The lowest BCUT2D eigenvalue weighted by atomic mass is 9.70. The van der Waals surface area contributed by atoms with E-state index in [-0.39, 0.29) is 0 Å². The zero-order valence-electron chi connectivity index (χ0n) is 15.6. The van der Waals surface area contributed by atoms with E-state index in [0.29, 0.717) is 16.9 Å². The van der Waals surface area contributed by atoms with Gasteiger partial charge in [-0.05, 0) is 34.3 Å². The van der Waals surface area contributed by atoms with Crippen LogP contribution in [0.2, 0.25) is 5.15 Å². The number of aromatic nitrogens is 2. The van der Waals surface area contributed by atoms with E-state index in [1.165, 1.54) is 27.8 Å². The van der Waals surface area contributed by atoms with E-state index in [4.69, 9.17) is 16.6 Å². The van der Waals surface area contributed by atoms with Crippen molar-refractivity contribution in [3.63, 3.8) is 0 Å². The van der Waals surface area contributed by atoms with Crippen LogP contribution >= 0.6 is 11.6 Å². The molecule has 0 saturated heterocycles. The minimum absolute atomic E-state index is 0.328. The maximum atomic E-state index is 6.41. The zero-order valence-corrected chi connectivity index (χ0v) is 16.4. The molecular formula is C26H17ClN2. The highest BCUT2D eigenvalue weighted by atomic mass is 35.5. The molecule has 0 spiro atoms. The normalized spacial score (nSPS) is 18.2. The minimum Gasteiger partial charge on any atom is -0.228 e. The van der Waals surface area contributed by atoms with Crippen molar-refractivity contribution in [2.24, 2.45) is 0 Å². The molecule has 3 aliphatic carbocycles. The number of hydrogen-bond donors (Lipinski definition) is 0. The van der Waals surface area contributed by atoms with E-state index in [1.54, 1.807) is 0 Å². The van der Waals surface area contributed by atoms with E-state index >= 15 is 0 Å². The Bertz CT molecular complexity index is 1280. The van der Waals surface area contributed by atoms with Gasteiger partial charge in [0.05, 0.1) is 5.69 Å². The first-order chi connectivity index (χ1) is 14.3. The van der Waals surface area contributed by atoms with E-state index in [1.807, 2.05) is 36.4 Å². The molecule has 0 fully saturated rings. The van der Waals surface area contributed by atoms with Crippen molar-refractivity contribution < 1.29 is 0 Å². The standard InChI is InChI=1S/C26H17ClN2/c27-23-15-22(28-26(29-23)19-5-2-1-3-6-19)20-13-11-18-10-9-16-7-4-8-17-12-14-21(20)25(18)24(16)17/h1-9,11-15,24H,10H2. The van der Waals surface area contributed by atoms with Crippen molar-refractivity contribution in [3.8, 4) is 22.6 Å². The van der Waals surface area contributed by atoms with Gasteiger partial charge in [-0.15, -0.1) is 0 Å². The van der Waals surface area contributed by atoms with Crippen LogP contribution in [0.3, 0.4) is 0 Å². The first-order valence-corrected chi connectivity index (χ1v) is 10.2. The molecule has 2 aromatic carbocycles. The van der Waals surface area contributed by atoms with Crippen molar-refractivity contribution >= 4 is 17.7 Å². The lowest BCUT2D eigenvalue weighted by Gasteiger charge is -2.34. The van der Waals surface area contributed by atoms with Gasteiger partial charge in [0.25, 0.3) is 0 Å². The summed E-state index contributed by atoms with van der Waals surface area (Å²) in [6.45, 7) is 0. The second-order valence-electron chi connectivity index (χ2n) is 7.57. The molecule has 1 atom stereocenters. The fourth-order valence-corrected chi connectivity index (χ4v) is 4.79. The first-order valence-electron chi connectivity index (χ1n) is 9.80. The van der Waals surface area contributed by atoms with Gasteiger partial charge in [-0.25, -0.2) is 9.97 Å². The van der Waals surface area contributed by atoms with Gasteiger partial charge in [-0.2, -0.15) is 0 Å². The van der Waals surface area contributed by atoms with Crippen molar-refractivity contribution in [3.05, 3.63) is 112 Å². The third-order valence-electron chi connectivity index (χ3n) is 5.91. The molecule has 3 aromatic rings. The summed E-state index contributed by atoms with van der Waals surface area (Å²) in [6, 6.07) is 16.3. The van der Waals surface area contributed by atoms with Crippen molar-refractivity contribution in [1.29, 1.82) is 0 Å². The molecule has 1 unspecified atom stereocenters. The molecule has 0 N–H and O–H groups in total. The Labute approximate surface area is 174 Å². The summed E-state index contributed by atoms with van der Waals surface area (Å²) < 4.78 is 0. The Morgan fingerprint density at radius 1 is 0.897 bits per heavy atom. The number of halogens is 1. The van der Waals surface area contributed by atoms with Crippen molar-refractivity contribution in [1.82, 2.24) is 9.97 Å². The van der Waals surface area contributed by atoms with Gasteiger partial charge in [0, 0.05) is 23.1 Å². The van der Waals surface area contributed by atoms with Crippen LogP contribution in [0.5, 0.6) is 0 Å². The predicted octanol–water partition coefficient (Wildman–Crippen LogP) is 6.55. The maximum Gasteiger partial charge on any atom is 0.161 e. The monoisotopic (exact) mass is 392 g/mol. The van der Waals surface area contributed by atoms with Gasteiger partial charge in [0.2, 0.25) is 0 Å². The second kappa shape index (κ2) is 6.40. The molecule has 0 amide bonds. The Hall–Kier alpha value is -3.23. The average Bonchev–Trinajstić information content (AvgIpc) is 2.77. The molecule has 3 heteroatoms.